The van der Waals surface area contributed by atoms with E-state index in [4.69, 9.17) is 4.74 Å². The molecule has 3 aromatic carbocycles. The Labute approximate surface area is 196 Å². The highest BCUT2D eigenvalue weighted by atomic mass is 16.5. The van der Waals surface area contributed by atoms with Crippen LogP contribution >= 0.6 is 0 Å². The van der Waals surface area contributed by atoms with Crippen LogP contribution in [0.25, 0.3) is 21.8 Å². The monoisotopic (exact) mass is 455 g/mol. The Kier molecular flexibility index (Phi) is 6.73. The smallest absolute Gasteiger partial charge is 0.260 e. The van der Waals surface area contributed by atoms with Crippen molar-refractivity contribution in [3.63, 3.8) is 0 Å². The van der Waals surface area contributed by atoms with E-state index in [2.05, 4.69) is 17.1 Å². The number of carbonyl (C=O) groups excluding carboxylic acids is 1. The summed E-state index contributed by atoms with van der Waals surface area (Å²) in [5.74, 6) is 0.0751. The average molecular weight is 456 g/mol. The summed E-state index contributed by atoms with van der Waals surface area (Å²) in [5, 5.41) is 15.5. The number of pyridine rings is 1. The third-order valence-corrected chi connectivity index (χ3v) is 5.42. The van der Waals surface area contributed by atoms with Gasteiger partial charge in [-0.2, -0.15) is 5.10 Å². The minimum absolute atomic E-state index is 0.0138. The number of benzene rings is 3. The molecule has 1 amide bonds. The summed E-state index contributed by atoms with van der Waals surface area (Å²) in [6.07, 6.45) is 3.65. The van der Waals surface area contributed by atoms with Gasteiger partial charge in [0.1, 0.15) is 6.54 Å². The maximum absolute atomic E-state index is 12.9. The van der Waals surface area contributed by atoms with Crippen molar-refractivity contribution in [2.24, 2.45) is 5.10 Å². The number of phenols is 1. The third-order valence-electron chi connectivity index (χ3n) is 5.42. The largest absolute Gasteiger partial charge is 0.504 e. The van der Waals surface area contributed by atoms with Crippen LogP contribution < -0.4 is 15.6 Å². The summed E-state index contributed by atoms with van der Waals surface area (Å²) in [6, 6.07) is 17.9. The van der Waals surface area contributed by atoms with Crippen LogP contribution in [0.5, 0.6) is 11.5 Å². The number of hydrazone groups is 1. The van der Waals surface area contributed by atoms with Crippen molar-refractivity contribution in [1.82, 2.24) is 9.99 Å². The summed E-state index contributed by atoms with van der Waals surface area (Å²) in [5.41, 5.74) is 5.16. The number of hydrogen-bond acceptors (Lipinski definition) is 5. The minimum atomic E-state index is -0.342. The number of nitrogens with zero attached hydrogens (tertiary/aromatic N) is 2. The number of phenolic OH excluding ortho intramolecular Hbond substituents is 1. The van der Waals surface area contributed by atoms with Crippen LogP contribution in [0.2, 0.25) is 0 Å². The zero-order valence-corrected chi connectivity index (χ0v) is 18.8. The van der Waals surface area contributed by atoms with Gasteiger partial charge in [0.05, 0.1) is 23.9 Å². The van der Waals surface area contributed by atoms with Gasteiger partial charge in [0.15, 0.2) is 16.9 Å². The SMILES string of the molecule is C=CCc1cc(C=NNC(=O)Cn2c3ccccc3c(=O)c3ccccc32)cc(OCC)c1O. The first-order chi connectivity index (χ1) is 16.5. The van der Waals surface area contributed by atoms with Crippen LogP contribution in [0.4, 0.5) is 0 Å². The molecule has 0 radical (unpaired) electrons. The van der Waals surface area contributed by atoms with Gasteiger partial charge in [-0.05, 0) is 55.3 Å². The van der Waals surface area contributed by atoms with E-state index >= 15 is 0 Å². The van der Waals surface area contributed by atoms with Crippen LogP contribution in [0.1, 0.15) is 18.1 Å². The highest BCUT2D eigenvalue weighted by molar-refractivity contribution is 5.95. The molecule has 0 aliphatic rings. The van der Waals surface area contributed by atoms with Crippen LogP contribution in [0.15, 0.2) is 83.2 Å². The highest BCUT2D eigenvalue weighted by Gasteiger charge is 2.13. The molecule has 0 saturated carbocycles. The number of aromatic hydroxyl groups is 1. The topological polar surface area (TPSA) is 92.9 Å². The Morgan fingerprint density at radius 3 is 2.38 bits per heavy atom. The van der Waals surface area contributed by atoms with Crippen molar-refractivity contribution < 1.29 is 14.6 Å². The van der Waals surface area contributed by atoms with E-state index in [1.54, 1.807) is 30.3 Å². The molecule has 0 fully saturated rings. The van der Waals surface area contributed by atoms with Gasteiger partial charge in [-0.1, -0.05) is 30.3 Å². The summed E-state index contributed by atoms with van der Waals surface area (Å²) < 4.78 is 7.31. The molecule has 0 bridgehead atoms. The quantitative estimate of drug-likeness (QED) is 0.181. The van der Waals surface area contributed by atoms with Crippen LogP contribution in [0.3, 0.4) is 0 Å². The maximum atomic E-state index is 12.9. The predicted molar refractivity (Wildman–Crippen MR) is 135 cm³/mol. The molecule has 0 aliphatic carbocycles. The number of rotatable bonds is 8. The standard InChI is InChI=1S/C27H25N3O4/c1-3-9-19-14-18(15-24(26(19)32)34-4-2)16-28-29-25(31)17-30-22-12-7-5-10-20(22)27(33)21-11-6-8-13-23(21)30/h3,5-8,10-16,32H,1,4,9,17H2,2H3,(H,29,31). The van der Waals surface area contributed by atoms with Crippen molar-refractivity contribution in [3.05, 3.63) is 94.7 Å². The molecule has 4 rings (SSSR count). The average Bonchev–Trinajstić information content (AvgIpc) is 2.85. The van der Waals surface area contributed by atoms with Gasteiger partial charge in [-0.25, -0.2) is 5.43 Å². The van der Waals surface area contributed by atoms with Crippen molar-refractivity contribution >= 4 is 33.9 Å². The Morgan fingerprint density at radius 1 is 1.12 bits per heavy atom. The second kappa shape index (κ2) is 10.0. The summed E-state index contributed by atoms with van der Waals surface area (Å²) in [4.78, 5) is 25.6. The lowest BCUT2D eigenvalue weighted by Gasteiger charge is -2.14. The highest BCUT2D eigenvalue weighted by Crippen LogP contribution is 2.32. The minimum Gasteiger partial charge on any atom is -0.504 e. The predicted octanol–water partition coefficient (Wildman–Crippen LogP) is 4.14. The number of amides is 1. The Hall–Kier alpha value is -4.39. The molecule has 1 aromatic heterocycles. The molecule has 1 heterocycles. The number of carbonyl (C=O) groups is 1. The zero-order valence-electron chi connectivity index (χ0n) is 18.8. The van der Waals surface area contributed by atoms with Crippen LogP contribution in [-0.2, 0) is 17.8 Å². The zero-order chi connectivity index (χ0) is 24.1. The van der Waals surface area contributed by atoms with Gasteiger partial charge in [0.25, 0.3) is 5.91 Å². The lowest BCUT2D eigenvalue weighted by Crippen LogP contribution is -2.25. The number of para-hydroxylation sites is 2. The lowest BCUT2D eigenvalue weighted by atomic mass is 10.1. The van der Waals surface area contributed by atoms with Gasteiger partial charge >= 0.3 is 0 Å². The Balaban J connectivity index is 1.60. The van der Waals surface area contributed by atoms with E-state index in [-0.39, 0.29) is 23.6 Å². The van der Waals surface area contributed by atoms with Gasteiger partial charge in [-0.15, -0.1) is 6.58 Å². The van der Waals surface area contributed by atoms with E-state index in [9.17, 15) is 14.7 Å². The molecular weight excluding hydrogens is 430 g/mol. The second-order valence-corrected chi connectivity index (χ2v) is 7.70. The molecule has 0 spiro atoms. The van der Waals surface area contributed by atoms with Crippen LogP contribution in [0, 0.1) is 0 Å². The van der Waals surface area contributed by atoms with Crippen molar-refractivity contribution in [3.8, 4) is 11.5 Å². The number of hydrogen-bond donors (Lipinski definition) is 2. The fraction of sp³-hybridized carbons (Fsp3) is 0.148. The van der Waals surface area contributed by atoms with Gasteiger partial charge < -0.3 is 14.4 Å². The Morgan fingerprint density at radius 2 is 1.76 bits per heavy atom. The summed E-state index contributed by atoms with van der Waals surface area (Å²) in [6.45, 7) is 5.93. The van der Waals surface area contributed by atoms with Crippen LogP contribution in [-0.4, -0.2) is 28.4 Å². The first-order valence-electron chi connectivity index (χ1n) is 10.9. The molecule has 0 aliphatic heterocycles. The van der Waals surface area contributed by atoms with Gasteiger partial charge in [-0.3, -0.25) is 9.59 Å². The van der Waals surface area contributed by atoms with E-state index in [0.29, 0.717) is 51.7 Å². The molecule has 7 heteroatoms. The number of aromatic nitrogens is 1. The molecule has 0 saturated heterocycles. The fourth-order valence-electron chi connectivity index (χ4n) is 3.95. The molecule has 7 nitrogen and oxygen atoms in total. The normalized spacial score (nSPS) is 11.2. The number of nitrogens with one attached hydrogen (secondary N) is 1. The number of ether oxygens (including phenoxy) is 1. The molecule has 0 unspecified atom stereocenters. The first-order valence-corrected chi connectivity index (χ1v) is 10.9. The van der Waals surface area contributed by atoms with Gasteiger partial charge in [0, 0.05) is 16.3 Å². The molecule has 0 atom stereocenters. The fourth-order valence-corrected chi connectivity index (χ4v) is 3.95. The van der Waals surface area contributed by atoms with E-state index in [1.165, 1.54) is 6.21 Å². The molecular formula is C27H25N3O4. The van der Waals surface area contributed by atoms with E-state index in [1.807, 2.05) is 47.9 Å². The van der Waals surface area contributed by atoms with E-state index < -0.39 is 0 Å². The summed E-state index contributed by atoms with van der Waals surface area (Å²) in [7, 11) is 0. The molecule has 2 N–H and O–H groups in total. The van der Waals surface area contributed by atoms with Gasteiger partial charge in [0.2, 0.25) is 0 Å². The van der Waals surface area contributed by atoms with Crippen molar-refractivity contribution in [2.45, 2.75) is 19.9 Å². The number of allylic oxidation sites excluding steroid dienone is 1. The van der Waals surface area contributed by atoms with Crippen molar-refractivity contribution in [2.75, 3.05) is 6.61 Å². The maximum Gasteiger partial charge on any atom is 0.260 e. The summed E-state index contributed by atoms with van der Waals surface area (Å²) >= 11 is 0. The molecule has 172 valence electrons. The Bertz CT molecular complexity index is 1410. The number of fused-ring (bicyclic) bond motifs is 2. The lowest BCUT2D eigenvalue weighted by molar-refractivity contribution is -0.121. The van der Waals surface area contributed by atoms with Crippen molar-refractivity contribution in [1.29, 1.82) is 0 Å². The molecule has 4 aromatic rings. The first kappa shape index (κ1) is 22.8. The third kappa shape index (κ3) is 4.54. The molecule has 34 heavy (non-hydrogen) atoms. The van der Waals surface area contributed by atoms with E-state index in [0.717, 1.165) is 0 Å². The second-order valence-electron chi connectivity index (χ2n) is 7.70.